The van der Waals surface area contributed by atoms with Gasteiger partial charge in [0, 0.05) is 24.5 Å². The van der Waals surface area contributed by atoms with Gasteiger partial charge in [-0.2, -0.15) is 4.73 Å². The number of carbonyl (C=O) groups is 1. The summed E-state index contributed by atoms with van der Waals surface area (Å²) in [6, 6.07) is 13.5. The maximum atomic E-state index is 12.8. The molecule has 0 fully saturated rings. The molecule has 0 aromatic carbocycles. The number of nitrogens with zero attached hydrogens (tertiary/aromatic N) is 3. The number of rotatable bonds is 4. The van der Waals surface area contributed by atoms with Crippen LogP contribution in [-0.4, -0.2) is 22.5 Å². The molecule has 0 N–H and O–H groups in total. The van der Waals surface area contributed by atoms with Gasteiger partial charge in [-0.25, -0.2) is 14.8 Å². The second kappa shape index (κ2) is 6.87. The summed E-state index contributed by atoms with van der Waals surface area (Å²) >= 11 is 0. The van der Waals surface area contributed by atoms with E-state index in [0.717, 1.165) is 4.73 Å². The van der Waals surface area contributed by atoms with Gasteiger partial charge in [-0.15, -0.1) is 0 Å². The predicted molar refractivity (Wildman–Crippen MR) is 87.8 cm³/mol. The summed E-state index contributed by atoms with van der Waals surface area (Å²) in [6.07, 6.45) is 3.18. The van der Waals surface area contributed by atoms with Gasteiger partial charge in [0.2, 0.25) is 11.4 Å². The highest BCUT2D eigenvalue weighted by Gasteiger charge is 2.22. The van der Waals surface area contributed by atoms with Crippen molar-refractivity contribution in [2.45, 2.75) is 6.92 Å². The molecule has 6 heteroatoms. The van der Waals surface area contributed by atoms with Gasteiger partial charge in [0.15, 0.2) is 0 Å². The van der Waals surface area contributed by atoms with Crippen molar-refractivity contribution in [2.75, 3.05) is 6.61 Å². The van der Waals surface area contributed by atoms with E-state index < -0.39 is 5.97 Å². The first-order valence-corrected chi connectivity index (χ1v) is 7.48. The molecule has 0 bridgehead atoms. The Morgan fingerprint density at radius 2 is 1.58 bits per heavy atom. The van der Waals surface area contributed by atoms with E-state index in [0.29, 0.717) is 11.4 Å². The van der Waals surface area contributed by atoms with E-state index >= 15 is 0 Å². The Balaban J connectivity index is 2.22. The highest BCUT2D eigenvalue weighted by Crippen LogP contribution is 2.21. The molecule has 3 aromatic rings. The van der Waals surface area contributed by atoms with Gasteiger partial charge in [-0.1, -0.05) is 12.1 Å². The molecule has 3 aromatic heterocycles. The van der Waals surface area contributed by atoms with Crippen molar-refractivity contribution in [3.8, 4) is 22.8 Å². The topological polar surface area (TPSA) is 79.0 Å². The minimum absolute atomic E-state index is 0.253. The summed E-state index contributed by atoms with van der Waals surface area (Å²) in [7, 11) is 0. The normalized spacial score (nSPS) is 10.4. The number of esters is 1. The fourth-order valence-electron chi connectivity index (χ4n) is 2.30. The Morgan fingerprint density at radius 1 is 1.04 bits per heavy atom. The van der Waals surface area contributed by atoms with E-state index in [1.54, 1.807) is 55.7 Å². The zero-order valence-corrected chi connectivity index (χ0v) is 13.0. The molecule has 3 rings (SSSR count). The molecule has 0 spiro atoms. The van der Waals surface area contributed by atoms with E-state index in [1.165, 1.54) is 12.1 Å². The van der Waals surface area contributed by atoms with Crippen LogP contribution in [0.25, 0.3) is 22.8 Å². The van der Waals surface area contributed by atoms with E-state index in [-0.39, 0.29) is 23.6 Å². The van der Waals surface area contributed by atoms with Crippen molar-refractivity contribution in [1.29, 1.82) is 0 Å². The van der Waals surface area contributed by atoms with Crippen LogP contribution in [0.4, 0.5) is 0 Å². The van der Waals surface area contributed by atoms with E-state index in [2.05, 4.69) is 9.97 Å². The van der Waals surface area contributed by atoms with E-state index in [1.807, 2.05) is 0 Å². The molecule has 0 amide bonds. The highest BCUT2D eigenvalue weighted by molar-refractivity contribution is 5.91. The SMILES string of the molecule is CCOC(=O)c1cc(-c2ccccn2)[n+]([O-])c(-c2ccccn2)c1. The Labute approximate surface area is 139 Å². The standard InChI is InChI=1S/C18H15N3O3/c1-2-24-18(22)13-11-16(14-7-3-5-9-19-14)21(23)17(12-13)15-8-4-6-10-20-15/h3-12H,2H2,1H3. The van der Waals surface area contributed by atoms with Crippen LogP contribution in [0, 0.1) is 5.21 Å². The monoisotopic (exact) mass is 321 g/mol. The van der Waals surface area contributed by atoms with Crippen molar-refractivity contribution in [1.82, 2.24) is 9.97 Å². The third-order valence-electron chi connectivity index (χ3n) is 3.39. The smallest absolute Gasteiger partial charge is 0.338 e. The molecular weight excluding hydrogens is 306 g/mol. The summed E-state index contributed by atoms with van der Waals surface area (Å²) in [6.45, 7) is 1.98. The first-order chi connectivity index (χ1) is 11.7. The predicted octanol–water partition coefficient (Wildman–Crippen LogP) is 2.62. The molecule has 0 unspecified atom stereocenters. The summed E-state index contributed by atoms with van der Waals surface area (Å²) in [5.74, 6) is -0.493. The number of pyridine rings is 3. The van der Waals surface area contributed by atoms with Crippen LogP contribution in [0.1, 0.15) is 17.3 Å². The van der Waals surface area contributed by atoms with Gasteiger partial charge < -0.3 is 9.94 Å². The number of hydrogen-bond acceptors (Lipinski definition) is 5. The average molecular weight is 321 g/mol. The van der Waals surface area contributed by atoms with Crippen LogP contribution in [0.5, 0.6) is 0 Å². The summed E-state index contributed by atoms with van der Waals surface area (Å²) in [4.78, 5) is 20.5. The fraction of sp³-hybridized carbons (Fsp3) is 0.111. The average Bonchev–Trinajstić information content (AvgIpc) is 2.63. The molecular formula is C18H15N3O3. The summed E-state index contributed by atoms with van der Waals surface area (Å²) in [5, 5.41) is 12.8. The highest BCUT2D eigenvalue weighted by atomic mass is 16.5. The Bertz CT molecular complexity index is 791. The number of aromatic nitrogens is 3. The third kappa shape index (κ3) is 3.08. The molecule has 0 aliphatic carbocycles. The van der Waals surface area contributed by atoms with Crippen molar-refractivity contribution in [3.63, 3.8) is 0 Å². The van der Waals surface area contributed by atoms with Gasteiger partial charge in [-0.05, 0) is 31.2 Å². The third-order valence-corrected chi connectivity index (χ3v) is 3.39. The Morgan fingerprint density at radius 3 is 2.00 bits per heavy atom. The van der Waals surface area contributed by atoms with Gasteiger partial charge in [0.1, 0.15) is 11.4 Å². The molecule has 0 saturated carbocycles. The molecule has 24 heavy (non-hydrogen) atoms. The number of hydrogen-bond donors (Lipinski definition) is 0. The maximum absolute atomic E-state index is 12.8. The number of ether oxygens (including phenoxy) is 1. The second-order valence-corrected chi connectivity index (χ2v) is 4.96. The van der Waals surface area contributed by atoms with Crippen LogP contribution >= 0.6 is 0 Å². The Kier molecular flexibility index (Phi) is 4.47. The summed E-state index contributed by atoms with van der Waals surface area (Å²) < 4.78 is 5.79. The van der Waals surface area contributed by atoms with Crippen molar-refractivity contribution >= 4 is 5.97 Å². The van der Waals surface area contributed by atoms with Crippen LogP contribution in [-0.2, 0) is 4.74 Å². The molecule has 6 nitrogen and oxygen atoms in total. The Hall–Kier alpha value is -3.28. The van der Waals surface area contributed by atoms with Gasteiger partial charge in [0.05, 0.1) is 12.2 Å². The molecule has 3 heterocycles. The molecule has 0 aliphatic heterocycles. The minimum Gasteiger partial charge on any atom is -0.618 e. The lowest BCUT2D eigenvalue weighted by Gasteiger charge is -2.11. The summed E-state index contributed by atoms with van der Waals surface area (Å²) in [5.41, 5.74) is 1.75. The minimum atomic E-state index is -0.493. The van der Waals surface area contributed by atoms with Crippen molar-refractivity contribution in [2.24, 2.45) is 0 Å². The lowest BCUT2D eigenvalue weighted by atomic mass is 10.1. The van der Waals surface area contributed by atoms with Gasteiger partial charge in [0.25, 0.3) is 0 Å². The first-order valence-electron chi connectivity index (χ1n) is 7.48. The lowest BCUT2D eigenvalue weighted by Crippen LogP contribution is -2.33. The van der Waals surface area contributed by atoms with Crippen molar-refractivity contribution in [3.05, 3.63) is 71.7 Å². The zero-order valence-electron chi connectivity index (χ0n) is 13.0. The fourth-order valence-corrected chi connectivity index (χ4v) is 2.30. The quantitative estimate of drug-likeness (QED) is 0.419. The molecule has 0 saturated heterocycles. The second-order valence-electron chi connectivity index (χ2n) is 4.96. The van der Waals surface area contributed by atoms with E-state index in [9.17, 15) is 10.0 Å². The zero-order chi connectivity index (χ0) is 16.9. The van der Waals surface area contributed by atoms with Gasteiger partial charge in [-0.3, -0.25) is 0 Å². The van der Waals surface area contributed by atoms with Crippen LogP contribution in [0.3, 0.4) is 0 Å². The van der Waals surface area contributed by atoms with Crippen LogP contribution < -0.4 is 4.73 Å². The number of carbonyl (C=O) groups excluding carboxylic acids is 1. The van der Waals surface area contributed by atoms with Gasteiger partial charge >= 0.3 is 5.97 Å². The van der Waals surface area contributed by atoms with Crippen LogP contribution in [0.2, 0.25) is 0 Å². The largest absolute Gasteiger partial charge is 0.618 e. The molecule has 0 atom stereocenters. The van der Waals surface area contributed by atoms with Crippen molar-refractivity contribution < 1.29 is 14.3 Å². The molecule has 0 radical (unpaired) electrons. The lowest BCUT2D eigenvalue weighted by molar-refractivity contribution is -0.582. The maximum Gasteiger partial charge on any atom is 0.338 e. The molecule has 120 valence electrons. The van der Waals surface area contributed by atoms with E-state index in [4.69, 9.17) is 4.74 Å². The molecule has 0 aliphatic rings. The van der Waals surface area contributed by atoms with Crippen LogP contribution in [0.15, 0.2) is 60.9 Å². The first kappa shape index (κ1) is 15.6.